The smallest absolute Gasteiger partial charge is 0.137 e. The lowest BCUT2D eigenvalue weighted by Crippen LogP contribution is -2.31. The fraction of sp³-hybridized carbons (Fsp3) is 0.714. The van der Waals surface area contributed by atoms with E-state index in [1.807, 2.05) is 6.92 Å². The van der Waals surface area contributed by atoms with Crippen molar-refractivity contribution >= 4 is 11.6 Å². The van der Waals surface area contributed by atoms with Crippen LogP contribution in [-0.4, -0.2) is 23.1 Å². The summed E-state index contributed by atoms with van der Waals surface area (Å²) in [5, 5.41) is 0. The Morgan fingerprint density at radius 3 is 2.39 bits per heavy atom. The highest BCUT2D eigenvalue weighted by Crippen LogP contribution is 2.30. The summed E-state index contributed by atoms with van der Waals surface area (Å²) >= 11 is 0. The highest BCUT2D eigenvalue weighted by atomic mass is 15.2. The Balaban J connectivity index is 2.35. The molecule has 2 N–H and O–H groups in total. The summed E-state index contributed by atoms with van der Waals surface area (Å²) in [5.41, 5.74) is 7.03. The van der Waals surface area contributed by atoms with E-state index in [4.69, 9.17) is 10.7 Å². The van der Waals surface area contributed by atoms with E-state index in [1.165, 1.54) is 25.7 Å². The molecule has 0 amide bonds. The van der Waals surface area contributed by atoms with Crippen molar-refractivity contribution in [2.45, 2.75) is 58.4 Å². The standard InChI is InChI=1S/C14H24N4/c1-9(2)13-16-12(15)10(3)14(17-13)18(4)11-7-5-6-8-11/h9,11H,5-8H2,1-4H3,(H2,15,16,17). The summed E-state index contributed by atoms with van der Waals surface area (Å²) < 4.78 is 0. The van der Waals surface area contributed by atoms with Crippen LogP contribution in [0.3, 0.4) is 0 Å². The Morgan fingerprint density at radius 2 is 1.83 bits per heavy atom. The summed E-state index contributed by atoms with van der Waals surface area (Å²) in [4.78, 5) is 11.4. The fourth-order valence-electron chi connectivity index (χ4n) is 2.61. The Morgan fingerprint density at radius 1 is 1.22 bits per heavy atom. The molecule has 100 valence electrons. The Labute approximate surface area is 110 Å². The van der Waals surface area contributed by atoms with E-state index >= 15 is 0 Å². The molecule has 1 aliphatic rings. The number of aromatic nitrogens is 2. The average molecular weight is 248 g/mol. The van der Waals surface area contributed by atoms with Gasteiger partial charge >= 0.3 is 0 Å². The molecule has 0 spiro atoms. The van der Waals surface area contributed by atoms with Gasteiger partial charge in [-0.2, -0.15) is 0 Å². The van der Waals surface area contributed by atoms with Crippen LogP contribution in [0, 0.1) is 6.92 Å². The van der Waals surface area contributed by atoms with Crippen LogP contribution in [0.15, 0.2) is 0 Å². The van der Waals surface area contributed by atoms with Gasteiger partial charge in [-0.15, -0.1) is 0 Å². The van der Waals surface area contributed by atoms with Crippen molar-refractivity contribution in [2.75, 3.05) is 17.7 Å². The largest absolute Gasteiger partial charge is 0.383 e. The summed E-state index contributed by atoms with van der Waals surface area (Å²) in [6.45, 7) is 6.22. The third-order valence-corrected chi connectivity index (χ3v) is 3.90. The maximum atomic E-state index is 6.02. The van der Waals surface area contributed by atoms with E-state index < -0.39 is 0 Å². The number of nitrogens with two attached hydrogens (primary N) is 1. The fourth-order valence-corrected chi connectivity index (χ4v) is 2.61. The molecule has 1 fully saturated rings. The monoisotopic (exact) mass is 248 g/mol. The van der Waals surface area contributed by atoms with E-state index in [2.05, 4.69) is 30.8 Å². The van der Waals surface area contributed by atoms with Crippen LogP contribution in [-0.2, 0) is 0 Å². The van der Waals surface area contributed by atoms with Crippen molar-refractivity contribution in [1.82, 2.24) is 9.97 Å². The topological polar surface area (TPSA) is 55.0 Å². The van der Waals surface area contributed by atoms with Crippen LogP contribution in [0.1, 0.15) is 56.8 Å². The molecule has 4 nitrogen and oxygen atoms in total. The Bertz CT molecular complexity index is 422. The maximum Gasteiger partial charge on any atom is 0.137 e. The van der Waals surface area contributed by atoms with Gasteiger partial charge < -0.3 is 10.6 Å². The first-order chi connectivity index (χ1) is 8.50. The van der Waals surface area contributed by atoms with E-state index in [0.717, 1.165) is 17.2 Å². The quantitative estimate of drug-likeness (QED) is 0.893. The second kappa shape index (κ2) is 5.12. The average Bonchev–Trinajstić information content (AvgIpc) is 2.85. The first-order valence-electron chi connectivity index (χ1n) is 6.87. The van der Waals surface area contributed by atoms with Crippen LogP contribution in [0.25, 0.3) is 0 Å². The molecule has 1 saturated carbocycles. The first kappa shape index (κ1) is 13.1. The molecule has 1 heterocycles. The van der Waals surface area contributed by atoms with Crippen LogP contribution in [0.4, 0.5) is 11.6 Å². The van der Waals surface area contributed by atoms with Gasteiger partial charge in [0.25, 0.3) is 0 Å². The van der Waals surface area contributed by atoms with Crippen molar-refractivity contribution in [2.24, 2.45) is 0 Å². The molecule has 0 aromatic carbocycles. The summed E-state index contributed by atoms with van der Waals surface area (Å²) in [5.74, 6) is 2.79. The molecule has 1 aromatic rings. The number of anilines is 2. The maximum absolute atomic E-state index is 6.02. The van der Waals surface area contributed by atoms with Crippen LogP contribution in [0.2, 0.25) is 0 Å². The van der Waals surface area contributed by atoms with Gasteiger partial charge in [-0.1, -0.05) is 26.7 Å². The molecule has 1 aliphatic carbocycles. The third-order valence-electron chi connectivity index (χ3n) is 3.90. The SMILES string of the molecule is Cc1c(N)nc(C(C)C)nc1N(C)C1CCCC1. The van der Waals surface area contributed by atoms with Crippen molar-refractivity contribution < 1.29 is 0 Å². The molecule has 0 atom stereocenters. The number of nitrogens with zero attached hydrogens (tertiary/aromatic N) is 3. The van der Waals surface area contributed by atoms with Gasteiger partial charge in [0.2, 0.25) is 0 Å². The molecule has 18 heavy (non-hydrogen) atoms. The lowest BCUT2D eigenvalue weighted by molar-refractivity contribution is 0.639. The minimum atomic E-state index is 0.309. The minimum absolute atomic E-state index is 0.309. The van der Waals surface area contributed by atoms with Crippen LogP contribution >= 0.6 is 0 Å². The number of nitrogen functional groups attached to an aromatic ring is 1. The first-order valence-corrected chi connectivity index (χ1v) is 6.87. The minimum Gasteiger partial charge on any atom is -0.383 e. The van der Waals surface area contributed by atoms with E-state index in [0.29, 0.717) is 17.8 Å². The van der Waals surface area contributed by atoms with Gasteiger partial charge in [0.1, 0.15) is 17.5 Å². The molecular weight excluding hydrogens is 224 g/mol. The van der Waals surface area contributed by atoms with Crippen molar-refractivity contribution in [3.05, 3.63) is 11.4 Å². The number of hydrogen-bond acceptors (Lipinski definition) is 4. The normalized spacial score (nSPS) is 16.5. The second-order valence-electron chi connectivity index (χ2n) is 5.62. The zero-order valence-corrected chi connectivity index (χ0v) is 11.9. The molecule has 0 bridgehead atoms. The van der Waals surface area contributed by atoms with Gasteiger partial charge in [-0.3, -0.25) is 0 Å². The van der Waals surface area contributed by atoms with Crippen LogP contribution < -0.4 is 10.6 Å². The zero-order valence-electron chi connectivity index (χ0n) is 11.9. The molecule has 0 unspecified atom stereocenters. The lowest BCUT2D eigenvalue weighted by atomic mass is 10.1. The molecule has 0 aliphatic heterocycles. The predicted octanol–water partition coefficient (Wildman–Crippen LogP) is 2.87. The summed E-state index contributed by atoms with van der Waals surface area (Å²) in [7, 11) is 2.13. The van der Waals surface area contributed by atoms with Crippen molar-refractivity contribution in [1.29, 1.82) is 0 Å². The van der Waals surface area contributed by atoms with E-state index in [1.54, 1.807) is 0 Å². The Hall–Kier alpha value is -1.32. The van der Waals surface area contributed by atoms with Gasteiger partial charge in [0, 0.05) is 24.6 Å². The molecule has 4 heteroatoms. The zero-order chi connectivity index (χ0) is 13.3. The highest BCUT2D eigenvalue weighted by molar-refractivity contribution is 5.56. The molecule has 0 saturated heterocycles. The second-order valence-corrected chi connectivity index (χ2v) is 5.62. The van der Waals surface area contributed by atoms with Gasteiger partial charge in [-0.25, -0.2) is 9.97 Å². The molecular formula is C14H24N4. The molecule has 1 aromatic heterocycles. The van der Waals surface area contributed by atoms with Gasteiger partial charge in [0.05, 0.1) is 0 Å². The summed E-state index contributed by atoms with van der Waals surface area (Å²) in [6.07, 6.45) is 5.17. The van der Waals surface area contributed by atoms with Gasteiger partial charge in [-0.05, 0) is 19.8 Å². The van der Waals surface area contributed by atoms with E-state index in [-0.39, 0.29) is 0 Å². The number of rotatable bonds is 3. The third kappa shape index (κ3) is 2.42. The summed E-state index contributed by atoms with van der Waals surface area (Å²) in [6, 6.07) is 0.609. The molecule has 0 radical (unpaired) electrons. The highest BCUT2D eigenvalue weighted by Gasteiger charge is 2.23. The van der Waals surface area contributed by atoms with Gasteiger partial charge in [0.15, 0.2) is 0 Å². The van der Waals surface area contributed by atoms with Crippen LogP contribution in [0.5, 0.6) is 0 Å². The van der Waals surface area contributed by atoms with Crippen molar-refractivity contribution in [3.8, 4) is 0 Å². The molecule has 2 rings (SSSR count). The number of hydrogen-bond donors (Lipinski definition) is 1. The van der Waals surface area contributed by atoms with Crippen molar-refractivity contribution in [3.63, 3.8) is 0 Å². The predicted molar refractivity (Wildman–Crippen MR) is 75.9 cm³/mol. The van der Waals surface area contributed by atoms with E-state index in [9.17, 15) is 0 Å². The lowest BCUT2D eigenvalue weighted by Gasteiger charge is -2.27. The Kier molecular flexibility index (Phi) is 3.73.